The predicted molar refractivity (Wildman–Crippen MR) is 171 cm³/mol. The molecule has 0 saturated carbocycles. The third kappa shape index (κ3) is 3.11. The number of hydrogen-bond donors (Lipinski definition) is 2. The Balaban J connectivity index is 1.22. The lowest BCUT2D eigenvalue weighted by Gasteiger charge is -2.05. The lowest BCUT2D eigenvalue weighted by molar-refractivity contribution is 1.56. The summed E-state index contributed by atoms with van der Waals surface area (Å²) in [5.74, 6) is 0. The highest BCUT2D eigenvalue weighted by Gasteiger charge is 2.14. The summed E-state index contributed by atoms with van der Waals surface area (Å²) in [6.07, 6.45) is 0. The first kappa shape index (κ1) is 21.6. The summed E-state index contributed by atoms with van der Waals surface area (Å²) in [4.78, 5) is 7.55. The molecule has 2 heteroatoms. The van der Waals surface area contributed by atoms with Crippen LogP contribution in [-0.4, -0.2) is 9.97 Å². The zero-order chi connectivity index (χ0) is 26.2. The van der Waals surface area contributed by atoms with Crippen molar-refractivity contribution in [1.82, 2.24) is 9.97 Å². The first-order chi connectivity index (χ1) is 19.8. The molecule has 2 nitrogen and oxygen atoms in total. The van der Waals surface area contributed by atoms with Gasteiger partial charge in [-0.3, -0.25) is 0 Å². The Labute approximate surface area is 230 Å². The van der Waals surface area contributed by atoms with Crippen LogP contribution in [0.25, 0.3) is 87.4 Å². The molecule has 0 saturated heterocycles. The molecular weight excluding hydrogens is 484 g/mol. The molecule has 7 aromatic carbocycles. The monoisotopic (exact) mass is 508 g/mol. The van der Waals surface area contributed by atoms with E-state index in [2.05, 4.69) is 143 Å². The van der Waals surface area contributed by atoms with Gasteiger partial charge >= 0.3 is 0 Å². The van der Waals surface area contributed by atoms with E-state index in [-0.39, 0.29) is 0 Å². The second kappa shape index (κ2) is 8.08. The number of nitrogens with one attached hydrogen (secondary N) is 2. The molecule has 40 heavy (non-hydrogen) atoms. The average Bonchev–Trinajstić information content (AvgIpc) is 3.58. The number of hydrogen-bond acceptors (Lipinski definition) is 0. The van der Waals surface area contributed by atoms with Crippen LogP contribution < -0.4 is 0 Å². The highest BCUT2D eigenvalue weighted by Crippen LogP contribution is 2.38. The van der Waals surface area contributed by atoms with E-state index in [1.54, 1.807) is 0 Å². The Morgan fingerprint density at radius 1 is 0.300 bits per heavy atom. The summed E-state index contributed by atoms with van der Waals surface area (Å²) in [6.45, 7) is 0. The molecule has 2 N–H and O–H groups in total. The van der Waals surface area contributed by atoms with E-state index in [0.717, 1.165) is 0 Å². The van der Waals surface area contributed by atoms with Crippen LogP contribution in [0, 0.1) is 0 Å². The van der Waals surface area contributed by atoms with Crippen molar-refractivity contribution >= 4 is 65.2 Å². The molecule has 0 unspecified atom stereocenters. The van der Waals surface area contributed by atoms with E-state index in [1.807, 2.05) is 0 Å². The second-order valence-corrected chi connectivity index (χ2v) is 10.8. The molecule has 9 rings (SSSR count). The summed E-state index contributed by atoms with van der Waals surface area (Å²) in [5, 5.41) is 10.0. The molecule has 0 spiro atoms. The van der Waals surface area contributed by atoms with Crippen molar-refractivity contribution in [2.45, 2.75) is 0 Å². The van der Waals surface area contributed by atoms with Crippen LogP contribution in [0.5, 0.6) is 0 Å². The van der Waals surface area contributed by atoms with Crippen molar-refractivity contribution in [2.24, 2.45) is 0 Å². The van der Waals surface area contributed by atoms with Crippen LogP contribution >= 0.6 is 0 Å². The summed E-state index contributed by atoms with van der Waals surface area (Å²) in [7, 11) is 0. The Morgan fingerprint density at radius 2 is 0.725 bits per heavy atom. The van der Waals surface area contributed by atoms with Crippen LogP contribution in [0.1, 0.15) is 0 Å². The topological polar surface area (TPSA) is 31.6 Å². The van der Waals surface area contributed by atoms with Crippen LogP contribution in [0.15, 0.2) is 133 Å². The van der Waals surface area contributed by atoms with E-state index < -0.39 is 0 Å². The number of benzene rings is 7. The molecule has 0 amide bonds. The van der Waals surface area contributed by atoms with E-state index in [0.29, 0.717) is 0 Å². The number of fused-ring (bicyclic) bond motifs is 10. The molecule has 0 aliphatic rings. The van der Waals surface area contributed by atoms with Gasteiger partial charge in [0.15, 0.2) is 0 Å². The Kier molecular flexibility index (Phi) is 4.36. The molecule has 2 aromatic heterocycles. The van der Waals surface area contributed by atoms with Crippen LogP contribution in [0.2, 0.25) is 0 Å². The van der Waals surface area contributed by atoms with Crippen LogP contribution in [0.4, 0.5) is 0 Å². The number of aromatic amines is 2. The maximum atomic E-state index is 3.78. The maximum absolute atomic E-state index is 3.78. The number of rotatable bonds is 2. The standard InChI is InChI=1S/C38H24N2/c1-3-7-23(8-4-1)25-11-15-29-27(19-25)13-17-31-33-21-36-34(22-35(33)39-37(29)31)32-18-14-28-20-26(24-9-5-2-6-10-24)12-16-30(28)38(32)40-36/h1-22,39-40H. The summed E-state index contributed by atoms with van der Waals surface area (Å²) in [6, 6.07) is 48.4. The highest BCUT2D eigenvalue weighted by atomic mass is 14.7. The minimum absolute atomic E-state index is 1.17. The Hall–Kier alpha value is -5.34. The van der Waals surface area contributed by atoms with Gasteiger partial charge in [0.1, 0.15) is 0 Å². The zero-order valence-corrected chi connectivity index (χ0v) is 21.7. The second-order valence-electron chi connectivity index (χ2n) is 10.8. The lowest BCUT2D eigenvalue weighted by Crippen LogP contribution is -1.80. The van der Waals surface area contributed by atoms with Gasteiger partial charge in [0.05, 0.1) is 11.0 Å². The third-order valence-corrected chi connectivity index (χ3v) is 8.51. The van der Waals surface area contributed by atoms with Crippen molar-refractivity contribution < 1.29 is 0 Å². The first-order valence-corrected chi connectivity index (χ1v) is 13.8. The fourth-order valence-electron chi connectivity index (χ4n) is 6.52. The van der Waals surface area contributed by atoms with Crippen LogP contribution in [-0.2, 0) is 0 Å². The smallest absolute Gasteiger partial charge is 0.0544 e. The quantitative estimate of drug-likeness (QED) is 0.233. The highest BCUT2D eigenvalue weighted by molar-refractivity contribution is 6.23. The van der Waals surface area contributed by atoms with Gasteiger partial charge in [-0.05, 0) is 57.3 Å². The molecule has 9 aromatic rings. The summed E-state index contributed by atoms with van der Waals surface area (Å²) >= 11 is 0. The molecule has 2 heterocycles. The van der Waals surface area contributed by atoms with Crippen molar-refractivity contribution in [1.29, 1.82) is 0 Å². The molecule has 186 valence electrons. The Bertz CT molecular complexity index is 2240. The van der Waals surface area contributed by atoms with Gasteiger partial charge < -0.3 is 9.97 Å². The first-order valence-electron chi connectivity index (χ1n) is 13.8. The minimum Gasteiger partial charge on any atom is -0.354 e. The summed E-state index contributed by atoms with van der Waals surface area (Å²) in [5.41, 5.74) is 9.70. The van der Waals surface area contributed by atoms with Crippen molar-refractivity contribution in [3.05, 3.63) is 133 Å². The molecule has 0 aliphatic carbocycles. The molecule has 0 radical (unpaired) electrons. The lowest BCUT2D eigenvalue weighted by atomic mass is 9.99. The van der Waals surface area contributed by atoms with Gasteiger partial charge in [0, 0.05) is 43.4 Å². The minimum atomic E-state index is 1.17. The van der Waals surface area contributed by atoms with Gasteiger partial charge in [-0.25, -0.2) is 0 Å². The van der Waals surface area contributed by atoms with Crippen molar-refractivity contribution in [3.63, 3.8) is 0 Å². The van der Waals surface area contributed by atoms with E-state index in [9.17, 15) is 0 Å². The van der Waals surface area contributed by atoms with E-state index in [4.69, 9.17) is 0 Å². The third-order valence-electron chi connectivity index (χ3n) is 8.51. The summed E-state index contributed by atoms with van der Waals surface area (Å²) < 4.78 is 0. The Morgan fingerprint density at radius 3 is 1.18 bits per heavy atom. The van der Waals surface area contributed by atoms with Gasteiger partial charge in [-0.1, -0.05) is 109 Å². The van der Waals surface area contributed by atoms with Crippen molar-refractivity contribution in [3.8, 4) is 22.3 Å². The van der Waals surface area contributed by atoms with Crippen LogP contribution in [0.3, 0.4) is 0 Å². The van der Waals surface area contributed by atoms with Gasteiger partial charge in [0.2, 0.25) is 0 Å². The molecule has 0 bridgehead atoms. The predicted octanol–water partition coefficient (Wildman–Crippen LogP) is 10.6. The van der Waals surface area contributed by atoms with E-state index in [1.165, 1.54) is 87.4 Å². The maximum Gasteiger partial charge on any atom is 0.0544 e. The number of H-pyrrole nitrogens is 2. The normalized spacial score (nSPS) is 12.0. The molecule has 0 atom stereocenters. The van der Waals surface area contributed by atoms with Gasteiger partial charge in [-0.15, -0.1) is 0 Å². The molecule has 0 fully saturated rings. The molecular formula is C38H24N2. The largest absolute Gasteiger partial charge is 0.354 e. The van der Waals surface area contributed by atoms with Gasteiger partial charge in [-0.2, -0.15) is 0 Å². The average molecular weight is 509 g/mol. The van der Waals surface area contributed by atoms with Gasteiger partial charge in [0.25, 0.3) is 0 Å². The number of aromatic nitrogens is 2. The molecule has 0 aliphatic heterocycles. The zero-order valence-electron chi connectivity index (χ0n) is 21.7. The van der Waals surface area contributed by atoms with E-state index >= 15 is 0 Å². The van der Waals surface area contributed by atoms with Crippen molar-refractivity contribution in [2.75, 3.05) is 0 Å². The SMILES string of the molecule is c1ccc(-c2ccc3c(ccc4c5cc6[nH]c7c8ccc(-c9ccccc9)cc8ccc7c6cc5[nH]c34)c2)cc1. The fraction of sp³-hybridized carbons (Fsp3) is 0. The fourth-order valence-corrected chi connectivity index (χ4v) is 6.52.